The van der Waals surface area contributed by atoms with Crippen molar-refractivity contribution < 1.29 is 8.42 Å². The fraction of sp³-hybridized carbons (Fsp3) is 0.385. The number of thiophene rings is 2. The average molecular weight is 331 g/mol. The average Bonchev–Trinajstić information content (AvgIpc) is 2.97. The van der Waals surface area contributed by atoms with E-state index < -0.39 is 10.0 Å². The van der Waals surface area contributed by atoms with Crippen molar-refractivity contribution in [3.63, 3.8) is 0 Å². The number of nitrogens with one attached hydrogen (secondary N) is 1. The number of hydrogen-bond acceptors (Lipinski definition) is 5. The smallest absolute Gasteiger partial charge is 0.250 e. The second-order valence-electron chi connectivity index (χ2n) is 4.68. The molecule has 0 radical (unpaired) electrons. The van der Waals surface area contributed by atoms with Gasteiger partial charge in [0.2, 0.25) is 10.0 Å². The van der Waals surface area contributed by atoms with Crippen molar-refractivity contribution >= 4 is 32.7 Å². The molecular formula is C13H18N2O2S3. The summed E-state index contributed by atoms with van der Waals surface area (Å²) in [5.74, 6) is 0. The van der Waals surface area contributed by atoms with Crippen molar-refractivity contribution in [2.75, 3.05) is 0 Å². The van der Waals surface area contributed by atoms with Crippen LogP contribution >= 0.6 is 22.7 Å². The van der Waals surface area contributed by atoms with E-state index in [-0.39, 0.29) is 6.04 Å². The normalized spacial score (nSPS) is 13.6. The van der Waals surface area contributed by atoms with E-state index in [0.717, 1.165) is 10.4 Å². The van der Waals surface area contributed by atoms with Gasteiger partial charge in [0, 0.05) is 22.3 Å². The van der Waals surface area contributed by atoms with Crippen molar-refractivity contribution in [3.8, 4) is 0 Å². The first kappa shape index (κ1) is 15.7. The highest BCUT2D eigenvalue weighted by Crippen LogP contribution is 2.25. The van der Waals surface area contributed by atoms with Gasteiger partial charge in [-0.3, -0.25) is 0 Å². The molecule has 2 rings (SSSR count). The van der Waals surface area contributed by atoms with E-state index in [1.165, 1.54) is 16.2 Å². The van der Waals surface area contributed by atoms with Gasteiger partial charge in [0.25, 0.3) is 0 Å². The SMILES string of the molecule is Cc1cc(S(=O)(=O)NC(C)Cc2cccs2)sc1CN. The highest BCUT2D eigenvalue weighted by atomic mass is 32.2. The Morgan fingerprint density at radius 2 is 2.20 bits per heavy atom. The summed E-state index contributed by atoms with van der Waals surface area (Å²) < 4.78 is 27.7. The molecule has 2 aromatic rings. The second kappa shape index (κ2) is 6.36. The number of hydrogen-bond donors (Lipinski definition) is 2. The number of aryl methyl sites for hydroxylation is 1. The lowest BCUT2D eigenvalue weighted by molar-refractivity contribution is 0.562. The molecule has 0 saturated carbocycles. The van der Waals surface area contributed by atoms with E-state index in [4.69, 9.17) is 5.73 Å². The highest BCUT2D eigenvalue weighted by Gasteiger charge is 2.21. The molecular weight excluding hydrogens is 312 g/mol. The Morgan fingerprint density at radius 1 is 1.45 bits per heavy atom. The Kier molecular flexibility index (Phi) is 4.98. The van der Waals surface area contributed by atoms with Crippen molar-refractivity contribution in [2.24, 2.45) is 5.73 Å². The molecule has 0 fully saturated rings. The highest BCUT2D eigenvalue weighted by molar-refractivity contribution is 7.91. The maximum atomic E-state index is 12.3. The van der Waals surface area contributed by atoms with Crippen LogP contribution in [0, 0.1) is 6.92 Å². The van der Waals surface area contributed by atoms with Crippen LogP contribution in [-0.4, -0.2) is 14.5 Å². The Balaban J connectivity index is 2.10. The van der Waals surface area contributed by atoms with Crippen molar-refractivity contribution in [1.82, 2.24) is 4.72 Å². The molecule has 0 spiro atoms. The quantitative estimate of drug-likeness (QED) is 0.855. The van der Waals surface area contributed by atoms with Gasteiger partial charge in [-0.1, -0.05) is 6.07 Å². The van der Waals surface area contributed by atoms with Crippen LogP contribution in [0.15, 0.2) is 27.8 Å². The van der Waals surface area contributed by atoms with Crippen LogP contribution in [0.4, 0.5) is 0 Å². The van der Waals surface area contributed by atoms with Crippen LogP contribution in [-0.2, 0) is 23.0 Å². The molecule has 20 heavy (non-hydrogen) atoms. The zero-order chi connectivity index (χ0) is 14.8. The first-order valence-corrected chi connectivity index (χ1v) is 9.44. The molecule has 0 bridgehead atoms. The van der Waals surface area contributed by atoms with Gasteiger partial charge in [0.05, 0.1) is 0 Å². The molecule has 0 aromatic carbocycles. The summed E-state index contributed by atoms with van der Waals surface area (Å²) in [4.78, 5) is 2.08. The summed E-state index contributed by atoms with van der Waals surface area (Å²) in [5.41, 5.74) is 6.53. The van der Waals surface area contributed by atoms with Crippen molar-refractivity contribution in [3.05, 3.63) is 38.9 Å². The zero-order valence-electron chi connectivity index (χ0n) is 11.4. The molecule has 7 heteroatoms. The second-order valence-corrected chi connectivity index (χ2v) is 8.79. The van der Waals surface area contributed by atoms with E-state index in [0.29, 0.717) is 17.2 Å². The predicted octanol–water partition coefficient (Wildman–Crippen LogP) is 2.49. The maximum Gasteiger partial charge on any atom is 0.250 e. The molecule has 110 valence electrons. The third-order valence-electron chi connectivity index (χ3n) is 2.89. The Hall–Kier alpha value is -0.730. The standard InChI is InChI=1S/C13H18N2O2S3/c1-9-6-13(19-12(9)8-14)20(16,17)15-10(2)7-11-4-3-5-18-11/h3-6,10,15H,7-8,14H2,1-2H3. The molecule has 0 aliphatic carbocycles. The van der Waals surface area contributed by atoms with Crippen LogP contribution in [0.5, 0.6) is 0 Å². The maximum absolute atomic E-state index is 12.3. The molecule has 4 nitrogen and oxygen atoms in total. The van der Waals surface area contributed by atoms with Gasteiger partial charge in [-0.25, -0.2) is 13.1 Å². The monoisotopic (exact) mass is 330 g/mol. The Bertz CT molecular complexity index is 660. The summed E-state index contributed by atoms with van der Waals surface area (Å²) in [5, 5.41) is 1.99. The van der Waals surface area contributed by atoms with Gasteiger partial charge < -0.3 is 5.73 Å². The lowest BCUT2D eigenvalue weighted by Crippen LogP contribution is -2.33. The third kappa shape index (κ3) is 3.67. The van der Waals surface area contributed by atoms with Crippen LogP contribution < -0.4 is 10.5 Å². The van der Waals surface area contributed by atoms with E-state index >= 15 is 0 Å². The lowest BCUT2D eigenvalue weighted by atomic mass is 10.2. The minimum Gasteiger partial charge on any atom is -0.326 e. The van der Waals surface area contributed by atoms with E-state index in [1.54, 1.807) is 17.4 Å². The minimum absolute atomic E-state index is 0.137. The number of rotatable bonds is 6. The van der Waals surface area contributed by atoms with Gasteiger partial charge in [-0.05, 0) is 43.3 Å². The van der Waals surface area contributed by atoms with Gasteiger partial charge in [-0.15, -0.1) is 22.7 Å². The Labute approximate surface area is 127 Å². The zero-order valence-corrected chi connectivity index (χ0v) is 13.9. The molecule has 2 aromatic heterocycles. The molecule has 3 N–H and O–H groups in total. The lowest BCUT2D eigenvalue weighted by Gasteiger charge is -2.12. The molecule has 0 aliphatic rings. The summed E-state index contributed by atoms with van der Waals surface area (Å²) in [7, 11) is -3.46. The molecule has 2 heterocycles. The van der Waals surface area contributed by atoms with Gasteiger partial charge in [0.15, 0.2) is 0 Å². The first-order valence-electron chi connectivity index (χ1n) is 6.26. The molecule has 1 atom stereocenters. The topological polar surface area (TPSA) is 72.2 Å². The van der Waals surface area contributed by atoms with Crippen LogP contribution in [0.1, 0.15) is 22.2 Å². The number of sulfonamides is 1. The minimum atomic E-state index is -3.46. The van der Waals surface area contributed by atoms with E-state index in [1.807, 2.05) is 31.4 Å². The third-order valence-corrected chi connectivity index (χ3v) is 7.11. The van der Waals surface area contributed by atoms with Crippen LogP contribution in [0.2, 0.25) is 0 Å². The molecule has 0 saturated heterocycles. The summed E-state index contributed by atoms with van der Waals surface area (Å²) in [6.07, 6.45) is 0.699. The summed E-state index contributed by atoms with van der Waals surface area (Å²) in [6.45, 7) is 4.13. The molecule has 1 unspecified atom stereocenters. The van der Waals surface area contributed by atoms with E-state index in [2.05, 4.69) is 4.72 Å². The van der Waals surface area contributed by atoms with E-state index in [9.17, 15) is 8.42 Å². The van der Waals surface area contributed by atoms with Crippen LogP contribution in [0.3, 0.4) is 0 Å². The first-order chi connectivity index (χ1) is 9.42. The number of nitrogens with two attached hydrogens (primary N) is 1. The fourth-order valence-corrected chi connectivity index (χ4v) is 5.48. The molecule has 0 amide bonds. The van der Waals surface area contributed by atoms with Crippen LogP contribution in [0.25, 0.3) is 0 Å². The van der Waals surface area contributed by atoms with Gasteiger partial charge in [-0.2, -0.15) is 0 Å². The fourth-order valence-electron chi connectivity index (χ4n) is 1.92. The summed E-state index contributed by atoms with van der Waals surface area (Å²) >= 11 is 2.88. The largest absolute Gasteiger partial charge is 0.326 e. The summed E-state index contributed by atoms with van der Waals surface area (Å²) in [6, 6.07) is 5.53. The Morgan fingerprint density at radius 3 is 2.75 bits per heavy atom. The molecule has 0 aliphatic heterocycles. The van der Waals surface area contributed by atoms with Crippen molar-refractivity contribution in [1.29, 1.82) is 0 Å². The van der Waals surface area contributed by atoms with Gasteiger partial charge >= 0.3 is 0 Å². The van der Waals surface area contributed by atoms with Crippen molar-refractivity contribution in [2.45, 2.75) is 37.1 Å². The van der Waals surface area contributed by atoms with Gasteiger partial charge in [0.1, 0.15) is 4.21 Å². The predicted molar refractivity (Wildman–Crippen MR) is 84.8 cm³/mol.